The van der Waals surface area contributed by atoms with Crippen molar-refractivity contribution in [1.29, 1.82) is 0 Å². The number of rotatable bonds is 8. The van der Waals surface area contributed by atoms with Gasteiger partial charge in [0.15, 0.2) is 0 Å². The van der Waals surface area contributed by atoms with Crippen LogP contribution >= 0.6 is 23.1 Å². The summed E-state index contributed by atoms with van der Waals surface area (Å²) >= 11 is 4.04. The molecule has 2 atom stereocenters. The standard InChI is InChI=1S/C16H28N2S2/c1-3-5-6-12(4-2)9-14(18-17)16-10-13-11-19-8-7-15(13)20-16/h10,12,14,18H,3-9,11,17H2,1-2H3. The second-order valence-electron chi connectivity index (χ2n) is 5.77. The molecule has 1 aromatic rings. The third-order valence-corrected chi connectivity index (χ3v) is 6.66. The Morgan fingerprint density at radius 1 is 1.40 bits per heavy atom. The van der Waals surface area contributed by atoms with E-state index in [1.165, 1.54) is 54.9 Å². The van der Waals surface area contributed by atoms with Crippen molar-refractivity contribution in [3.63, 3.8) is 0 Å². The number of thiophene rings is 1. The van der Waals surface area contributed by atoms with Gasteiger partial charge in [-0.3, -0.25) is 11.3 Å². The number of fused-ring (bicyclic) bond motifs is 1. The maximum atomic E-state index is 5.85. The molecule has 114 valence electrons. The van der Waals surface area contributed by atoms with E-state index in [9.17, 15) is 0 Å². The van der Waals surface area contributed by atoms with Gasteiger partial charge < -0.3 is 0 Å². The summed E-state index contributed by atoms with van der Waals surface area (Å²) in [5.74, 6) is 9.11. The van der Waals surface area contributed by atoms with Gasteiger partial charge in [-0.05, 0) is 36.1 Å². The number of unbranched alkanes of at least 4 members (excludes halogenated alkanes) is 1. The molecular formula is C16H28N2S2. The number of aryl methyl sites for hydroxylation is 1. The maximum Gasteiger partial charge on any atom is 0.0556 e. The Labute approximate surface area is 131 Å². The zero-order valence-electron chi connectivity index (χ0n) is 12.8. The Kier molecular flexibility index (Phi) is 6.88. The lowest BCUT2D eigenvalue weighted by Crippen LogP contribution is -2.29. The van der Waals surface area contributed by atoms with Crippen LogP contribution in [0.1, 0.15) is 67.3 Å². The zero-order valence-corrected chi connectivity index (χ0v) is 14.4. The second-order valence-corrected chi connectivity index (χ2v) is 8.04. The van der Waals surface area contributed by atoms with Gasteiger partial charge in [-0.2, -0.15) is 11.8 Å². The fraction of sp³-hybridized carbons (Fsp3) is 0.750. The number of hydrazine groups is 1. The molecule has 0 saturated heterocycles. The number of nitrogens with one attached hydrogen (secondary N) is 1. The normalized spacial score (nSPS) is 17.8. The van der Waals surface area contributed by atoms with E-state index in [-0.39, 0.29) is 0 Å². The molecule has 1 aliphatic heterocycles. The van der Waals surface area contributed by atoms with E-state index in [4.69, 9.17) is 5.84 Å². The summed E-state index contributed by atoms with van der Waals surface area (Å²) in [5, 5.41) is 0. The van der Waals surface area contributed by atoms with Crippen molar-refractivity contribution in [3.8, 4) is 0 Å². The minimum Gasteiger partial charge on any atom is -0.271 e. The van der Waals surface area contributed by atoms with Gasteiger partial charge >= 0.3 is 0 Å². The number of nitrogens with two attached hydrogens (primary N) is 1. The van der Waals surface area contributed by atoms with Crippen LogP contribution in [0.15, 0.2) is 6.07 Å². The maximum absolute atomic E-state index is 5.85. The lowest BCUT2D eigenvalue weighted by Gasteiger charge is -2.21. The van der Waals surface area contributed by atoms with E-state index in [1.54, 1.807) is 10.4 Å². The van der Waals surface area contributed by atoms with Crippen molar-refractivity contribution in [1.82, 2.24) is 5.43 Å². The third kappa shape index (κ3) is 4.23. The van der Waals surface area contributed by atoms with Gasteiger partial charge in [0.05, 0.1) is 6.04 Å². The molecule has 2 nitrogen and oxygen atoms in total. The summed E-state index contributed by atoms with van der Waals surface area (Å²) in [6.45, 7) is 4.58. The fourth-order valence-electron chi connectivity index (χ4n) is 2.92. The molecule has 4 heteroatoms. The van der Waals surface area contributed by atoms with E-state index in [0.29, 0.717) is 6.04 Å². The summed E-state index contributed by atoms with van der Waals surface area (Å²) in [7, 11) is 0. The molecule has 0 fully saturated rings. The predicted octanol–water partition coefficient (Wildman–Crippen LogP) is 4.65. The van der Waals surface area contributed by atoms with Crippen molar-refractivity contribution in [2.45, 2.75) is 64.2 Å². The van der Waals surface area contributed by atoms with E-state index >= 15 is 0 Å². The van der Waals surface area contributed by atoms with Crippen LogP contribution in [-0.4, -0.2) is 5.75 Å². The van der Waals surface area contributed by atoms with E-state index in [1.807, 2.05) is 11.3 Å². The van der Waals surface area contributed by atoms with Crippen LogP contribution in [0.25, 0.3) is 0 Å². The van der Waals surface area contributed by atoms with Gasteiger partial charge in [0.25, 0.3) is 0 Å². The van der Waals surface area contributed by atoms with E-state index in [2.05, 4.69) is 37.1 Å². The van der Waals surface area contributed by atoms with Crippen LogP contribution < -0.4 is 11.3 Å². The molecule has 2 rings (SSSR count). The molecule has 0 amide bonds. The van der Waals surface area contributed by atoms with Crippen LogP contribution in [-0.2, 0) is 12.2 Å². The highest BCUT2D eigenvalue weighted by molar-refractivity contribution is 7.98. The Hall–Kier alpha value is -0.0300. The zero-order chi connectivity index (χ0) is 14.4. The molecule has 20 heavy (non-hydrogen) atoms. The minimum atomic E-state index is 0.345. The first-order valence-corrected chi connectivity index (χ1v) is 9.90. The van der Waals surface area contributed by atoms with Crippen molar-refractivity contribution in [2.75, 3.05) is 5.75 Å². The van der Waals surface area contributed by atoms with Crippen LogP contribution in [0.5, 0.6) is 0 Å². The van der Waals surface area contributed by atoms with Crippen molar-refractivity contribution in [2.24, 2.45) is 11.8 Å². The first-order valence-electron chi connectivity index (χ1n) is 7.93. The summed E-state index contributed by atoms with van der Waals surface area (Å²) in [6.07, 6.45) is 7.66. The van der Waals surface area contributed by atoms with Crippen molar-refractivity contribution < 1.29 is 0 Å². The number of hydrogen-bond acceptors (Lipinski definition) is 4. The summed E-state index contributed by atoms with van der Waals surface area (Å²) in [6, 6.07) is 2.75. The van der Waals surface area contributed by atoms with Gasteiger partial charge in [-0.15, -0.1) is 11.3 Å². The highest BCUT2D eigenvalue weighted by Gasteiger charge is 2.21. The van der Waals surface area contributed by atoms with E-state index < -0.39 is 0 Å². The average molecular weight is 313 g/mol. The molecule has 0 aliphatic carbocycles. The molecular weight excluding hydrogens is 284 g/mol. The van der Waals surface area contributed by atoms with Gasteiger partial charge in [0, 0.05) is 15.5 Å². The lowest BCUT2D eigenvalue weighted by atomic mass is 9.91. The molecule has 0 bridgehead atoms. The SMILES string of the molecule is CCCCC(CC)CC(NN)c1cc2c(s1)CCSC2. The molecule has 1 aromatic heterocycles. The predicted molar refractivity (Wildman–Crippen MR) is 92.2 cm³/mol. The molecule has 0 aromatic carbocycles. The summed E-state index contributed by atoms with van der Waals surface area (Å²) < 4.78 is 0. The Morgan fingerprint density at radius 3 is 2.90 bits per heavy atom. The summed E-state index contributed by atoms with van der Waals surface area (Å²) in [4.78, 5) is 3.05. The van der Waals surface area contributed by atoms with E-state index in [0.717, 1.165) is 5.92 Å². The van der Waals surface area contributed by atoms with Crippen LogP contribution in [0.4, 0.5) is 0 Å². The average Bonchev–Trinajstić information content (AvgIpc) is 2.91. The highest BCUT2D eigenvalue weighted by Crippen LogP contribution is 2.36. The minimum absolute atomic E-state index is 0.345. The van der Waals surface area contributed by atoms with Crippen molar-refractivity contribution >= 4 is 23.1 Å². The van der Waals surface area contributed by atoms with Crippen LogP contribution in [0, 0.1) is 5.92 Å². The molecule has 3 N–H and O–H groups in total. The van der Waals surface area contributed by atoms with Crippen LogP contribution in [0.3, 0.4) is 0 Å². The number of thioether (sulfide) groups is 1. The molecule has 2 heterocycles. The second kappa shape index (κ2) is 8.42. The van der Waals surface area contributed by atoms with Gasteiger partial charge in [0.1, 0.15) is 0 Å². The lowest BCUT2D eigenvalue weighted by molar-refractivity contribution is 0.359. The van der Waals surface area contributed by atoms with Gasteiger partial charge in [-0.25, -0.2) is 0 Å². The summed E-state index contributed by atoms with van der Waals surface area (Å²) in [5.41, 5.74) is 4.63. The molecule has 0 radical (unpaired) electrons. The molecule has 2 unspecified atom stereocenters. The fourth-order valence-corrected chi connectivity index (χ4v) is 5.37. The highest BCUT2D eigenvalue weighted by atomic mass is 32.2. The molecule has 1 aliphatic rings. The van der Waals surface area contributed by atoms with Gasteiger partial charge in [0.2, 0.25) is 0 Å². The topological polar surface area (TPSA) is 38.0 Å². The van der Waals surface area contributed by atoms with Crippen LogP contribution in [0.2, 0.25) is 0 Å². The van der Waals surface area contributed by atoms with Gasteiger partial charge in [-0.1, -0.05) is 39.5 Å². The Bertz CT molecular complexity index is 380. The monoisotopic (exact) mass is 312 g/mol. The molecule has 0 saturated carbocycles. The Morgan fingerprint density at radius 2 is 2.25 bits per heavy atom. The van der Waals surface area contributed by atoms with Crippen molar-refractivity contribution in [3.05, 3.63) is 21.4 Å². The first-order chi connectivity index (χ1) is 9.78. The Balaban J connectivity index is 2.01. The molecule has 0 spiro atoms. The number of hydrogen-bond donors (Lipinski definition) is 2. The smallest absolute Gasteiger partial charge is 0.0556 e. The largest absolute Gasteiger partial charge is 0.271 e. The quantitative estimate of drug-likeness (QED) is 0.542. The third-order valence-electron chi connectivity index (χ3n) is 4.30. The first kappa shape index (κ1) is 16.3.